The van der Waals surface area contributed by atoms with Gasteiger partial charge >= 0.3 is 0 Å². The quantitative estimate of drug-likeness (QED) is 0.812. The third kappa shape index (κ3) is 4.37. The number of aryl methyl sites for hydroxylation is 1. The molecule has 0 heterocycles. The summed E-state index contributed by atoms with van der Waals surface area (Å²) in [4.78, 5) is 11.4. The molecule has 2 N–H and O–H groups in total. The van der Waals surface area contributed by atoms with Crippen LogP contribution in [0.4, 0.5) is 0 Å². The molecule has 4 heteroatoms. The van der Waals surface area contributed by atoms with E-state index in [1.807, 2.05) is 19.9 Å². The van der Waals surface area contributed by atoms with E-state index in [4.69, 9.17) is 4.74 Å². The Bertz CT molecular complexity index is 402. The maximum atomic E-state index is 11.4. The van der Waals surface area contributed by atoms with E-state index in [0.717, 1.165) is 17.5 Å². The Morgan fingerprint density at radius 2 is 2.22 bits per heavy atom. The molecular formula is C14H21NO3. The smallest absolute Gasteiger partial charge is 0.257 e. The van der Waals surface area contributed by atoms with Crippen LogP contribution in [-0.4, -0.2) is 24.2 Å². The van der Waals surface area contributed by atoms with Crippen LogP contribution in [0.15, 0.2) is 18.2 Å². The highest BCUT2D eigenvalue weighted by atomic mass is 16.5. The van der Waals surface area contributed by atoms with Crippen molar-refractivity contribution in [1.29, 1.82) is 0 Å². The van der Waals surface area contributed by atoms with E-state index < -0.39 is 6.10 Å². The average molecular weight is 251 g/mol. The van der Waals surface area contributed by atoms with Crippen LogP contribution < -0.4 is 10.1 Å². The molecular weight excluding hydrogens is 230 g/mol. The molecule has 18 heavy (non-hydrogen) atoms. The van der Waals surface area contributed by atoms with Gasteiger partial charge in [0, 0.05) is 6.54 Å². The van der Waals surface area contributed by atoms with Crippen LogP contribution >= 0.6 is 0 Å². The third-order valence-electron chi connectivity index (χ3n) is 2.61. The molecule has 0 spiro atoms. The second kappa shape index (κ2) is 7.01. The average Bonchev–Trinajstić information content (AvgIpc) is 2.34. The molecule has 0 fully saturated rings. The van der Waals surface area contributed by atoms with Crippen LogP contribution in [-0.2, 0) is 4.79 Å². The number of aliphatic hydroxyl groups is 1. The SMILES string of the molecule is CCCNC(=O)COc1ccc(C(C)O)cc1C. The lowest BCUT2D eigenvalue weighted by Gasteiger charge is -2.11. The number of ether oxygens (including phenoxy) is 1. The first-order valence-corrected chi connectivity index (χ1v) is 6.22. The number of amides is 1. The van der Waals surface area contributed by atoms with Crippen molar-refractivity contribution in [3.05, 3.63) is 29.3 Å². The van der Waals surface area contributed by atoms with Gasteiger partial charge in [-0.1, -0.05) is 13.0 Å². The summed E-state index contributed by atoms with van der Waals surface area (Å²) in [6.07, 6.45) is 0.416. The van der Waals surface area contributed by atoms with Gasteiger partial charge in [0.1, 0.15) is 5.75 Å². The van der Waals surface area contributed by atoms with Crippen molar-refractivity contribution in [2.75, 3.05) is 13.2 Å². The maximum Gasteiger partial charge on any atom is 0.257 e. The molecule has 1 amide bonds. The standard InChI is InChI=1S/C14H21NO3/c1-4-7-15-14(17)9-18-13-6-5-12(11(3)16)8-10(13)2/h5-6,8,11,16H,4,7,9H2,1-3H3,(H,15,17). The summed E-state index contributed by atoms with van der Waals surface area (Å²) in [7, 11) is 0. The fraction of sp³-hybridized carbons (Fsp3) is 0.500. The number of nitrogens with one attached hydrogen (secondary N) is 1. The zero-order valence-corrected chi connectivity index (χ0v) is 11.2. The van der Waals surface area contributed by atoms with Crippen molar-refractivity contribution < 1.29 is 14.6 Å². The minimum absolute atomic E-state index is 0.0227. The van der Waals surface area contributed by atoms with Gasteiger partial charge in [0.25, 0.3) is 5.91 Å². The van der Waals surface area contributed by atoms with Crippen LogP contribution in [0.5, 0.6) is 5.75 Å². The molecule has 0 radical (unpaired) electrons. The summed E-state index contributed by atoms with van der Waals surface area (Å²) in [5.74, 6) is 0.557. The molecule has 1 aromatic carbocycles. The Balaban J connectivity index is 2.55. The number of hydrogen-bond donors (Lipinski definition) is 2. The summed E-state index contributed by atoms with van der Waals surface area (Å²) in [5.41, 5.74) is 1.76. The normalized spacial score (nSPS) is 12.0. The molecule has 4 nitrogen and oxygen atoms in total. The van der Waals surface area contributed by atoms with Crippen LogP contribution in [0.1, 0.15) is 37.5 Å². The molecule has 100 valence electrons. The van der Waals surface area contributed by atoms with Crippen molar-refractivity contribution >= 4 is 5.91 Å². The van der Waals surface area contributed by atoms with Crippen molar-refractivity contribution in [2.45, 2.75) is 33.3 Å². The van der Waals surface area contributed by atoms with Crippen molar-refractivity contribution in [3.8, 4) is 5.75 Å². The minimum atomic E-state index is -0.495. The Morgan fingerprint density at radius 1 is 1.50 bits per heavy atom. The summed E-state index contributed by atoms with van der Waals surface area (Å²) in [5, 5.41) is 12.2. The van der Waals surface area contributed by atoms with Crippen LogP contribution in [0.25, 0.3) is 0 Å². The lowest BCUT2D eigenvalue weighted by atomic mass is 10.1. The van der Waals surface area contributed by atoms with Crippen molar-refractivity contribution in [1.82, 2.24) is 5.32 Å². The van der Waals surface area contributed by atoms with Gasteiger partial charge in [-0.2, -0.15) is 0 Å². The Labute approximate surface area is 108 Å². The highest BCUT2D eigenvalue weighted by molar-refractivity contribution is 5.77. The zero-order chi connectivity index (χ0) is 13.5. The van der Waals surface area contributed by atoms with Gasteiger partial charge < -0.3 is 15.2 Å². The number of benzene rings is 1. The van der Waals surface area contributed by atoms with Gasteiger partial charge in [-0.15, -0.1) is 0 Å². The highest BCUT2D eigenvalue weighted by Crippen LogP contribution is 2.22. The predicted molar refractivity (Wildman–Crippen MR) is 70.6 cm³/mol. The molecule has 0 aliphatic rings. The van der Waals surface area contributed by atoms with E-state index in [1.165, 1.54) is 0 Å². The highest BCUT2D eigenvalue weighted by Gasteiger charge is 2.07. The molecule has 0 aromatic heterocycles. The molecule has 0 aliphatic heterocycles. The Kier molecular flexibility index (Phi) is 5.65. The monoisotopic (exact) mass is 251 g/mol. The maximum absolute atomic E-state index is 11.4. The van der Waals surface area contributed by atoms with E-state index >= 15 is 0 Å². The molecule has 0 saturated carbocycles. The number of aliphatic hydroxyl groups excluding tert-OH is 1. The van der Waals surface area contributed by atoms with E-state index in [2.05, 4.69) is 5.32 Å². The number of hydrogen-bond acceptors (Lipinski definition) is 3. The van der Waals surface area contributed by atoms with E-state index in [0.29, 0.717) is 12.3 Å². The van der Waals surface area contributed by atoms with Gasteiger partial charge in [0.15, 0.2) is 6.61 Å². The van der Waals surface area contributed by atoms with Crippen LogP contribution in [0, 0.1) is 6.92 Å². The largest absolute Gasteiger partial charge is 0.484 e. The van der Waals surface area contributed by atoms with Gasteiger partial charge in [-0.05, 0) is 43.5 Å². The lowest BCUT2D eigenvalue weighted by Crippen LogP contribution is -2.29. The fourth-order valence-electron chi connectivity index (χ4n) is 1.55. The molecule has 1 rings (SSSR count). The number of rotatable bonds is 6. The van der Waals surface area contributed by atoms with Crippen LogP contribution in [0.2, 0.25) is 0 Å². The zero-order valence-electron chi connectivity index (χ0n) is 11.2. The van der Waals surface area contributed by atoms with Crippen molar-refractivity contribution in [3.63, 3.8) is 0 Å². The molecule has 0 aliphatic carbocycles. The molecule has 1 unspecified atom stereocenters. The number of carbonyl (C=O) groups excluding carboxylic acids is 1. The molecule has 0 bridgehead atoms. The lowest BCUT2D eigenvalue weighted by molar-refractivity contribution is -0.123. The van der Waals surface area contributed by atoms with Gasteiger partial charge in [-0.25, -0.2) is 0 Å². The summed E-state index contributed by atoms with van der Waals surface area (Å²) >= 11 is 0. The summed E-state index contributed by atoms with van der Waals surface area (Å²) in [6.45, 7) is 6.30. The summed E-state index contributed by atoms with van der Waals surface area (Å²) in [6, 6.07) is 5.45. The minimum Gasteiger partial charge on any atom is -0.484 e. The first kappa shape index (κ1) is 14.5. The Morgan fingerprint density at radius 3 is 2.78 bits per heavy atom. The first-order valence-electron chi connectivity index (χ1n) is 6.22. The van der Waals surface area contributed by atoms with E-state index in [-0.39, 0.29) is 12.5 Å². The molecule has 0 saturated heterocycles. The summed E-state index contributed by atoms with van der Waals surface area (Å²) < 4.78 is 5.44. The van der Waals surface area contributed by atoms with Gasteiger partial charge in [0.2, 0.25) is 0 Å². The molecule has 1 atom stereocenters. The second-order valence-corrected chi connectivity index (χ2v) is 4.34. The third-order valence-corrected chi connectivity index (χ3v) is 2.61. The molecule has 1 aromatic rings. The predicted octanol–water partition coefficient (Wildman–Crippen LogP) is 1.95. The van der Waals surface area contributed by atoms with Gasteiger partial charge in [-0.3, -0.25) is 4.79 Å². The van der Waals surface area contributed by atoms with Gasteiger partial charge in [0.05, 0.1) is 6.10 Å². The van der Waals surface area contributed by atoms with Crippen molar-refractivity contribution in [2.24, 2.45) is 0 Å². The van der Waals surface area contributed by atoms with E-state index in [1.54, 1.807) is 19.1 Å². The fourth-order valence-corrected chi connectivity index (χ4v) is 1.55. The first-order chi connectivity index (χ1) is 8.54. The second-order valence-electron chi connectivity index (χ2n) is 4.34. The number of carbonyl (C=O) groups is 1. The Hall–Kier alpha value is -1.55. The van der Waals surface area contributed by atoms with Crippen LogP contribution in [0.3, 0.4) is 0 Å². The van der Waals surface area contributed by atoms with E-state index in [9.17, 15) is 9.90 Å². The topological polar surface area (TPSA) is 58.6 Å².